The zero-order valence-electron chi connectivity index (χ0n) is 14.8. The Morgan fingerprint density at radius 2 is 1.89 bits per heavy atom. The standard InChI is InChI=1S/C21H21FN2O3/c22-15-5-8-19(27-17-6-3-14(4-7-17)13-1-2-13)18(11-15)21(26)24-16-9-10-23-20(25)12-16/h3-8,11,13,16H,1-2,9-10,12H2,(H,23,25)(H,24,26). The first-order chi connectivity index (χ1) is 13.1. The van der Waals surface area contributed by atoms with E-state index in [2.05, 4.69) is 10.6 Å². The Morgan fingerprint density at radius 1 is 1.11 bits per heavy atom. The third-order valence-corrected chi connectivity index (χ3v) is 4.92. The van der Waals surface area contributed by atoms with Crippen molar-refractivity contribution in [1.82, 2.24) is 10.6 Å². The van der Waals surface area contributed by atoms with E-state index in [1.54, 1.807) is 0 Å². The second kappa shape index (κ2) is 7.39. The van der Waals surface area contributed by atoms with E-state index >= 15 is 0 Å². The Labute approximate surface area is 156 Å². The zero-order chi connectivity index (χ0) is 18.8. The summed E-state index contributed by atoms with van der Waals surface area (Å²) in [5.74, 6) is 0.471. The second-order valence-electron chi connectivity index (χ2n) is 7.10. The molecule has 0 spiro atoms. The molecule has 2 amide bonds. The molecule has 1 aliphatic carbocycles. The van der Waals surface area contributed by atoms with E-state index in [0.29, 0.717) is 24.6 Å². The molecule has 5 nitrogen and oxygen atoms in total. The van der Waals surface area contributed by atoms with Gasteiger partial charge < -0.3 is 15.4 Å². The molecule has 0 radical (unpaired) electrons. The molecule has 0 aromatic heterocycles. The van der Waals surface area contributed by atoms with E-state index in [-0.39, 0.29) is 29.7 Å². The SMILES string of the molecule is O=C1CC(NC(=O)c2cc(F)ccc2Oc2ccc(C3CC3)cc2)CCN1. The average molecular weight is 368 g/mol. The minimum Gasteiger partial charge on any atom is -0.457 e. The van der Waals surface area contributed by atoms with Gasteiger partial charge in [-0.3, -0.25) is 9.59 Å². The first-order valence-electron chi connectivity index (χ1n) is 9.23. The van der Waals surface area contributed by atoms with Crippen LogP contribution in [-0.2, 0) is 4.79 Å². The maximum atomic E-state index is 13.7. The normalized spacial score (nSPS) is 19.3. The van der Waals surface area contributed by atoms with Gasteiger partial charge >= 0.3 is 0 Å². The van der Waals surface area contributed by atoms with Gasteiger partial charge in [-0.05, 0) is 61.1 Å². The van der Waals surface area contributed by atoms with Gasteiger partial charge in [-0.2, -0.15) is 0 Å². The third-order valence-electron chi connectivity index (χ3n) is 4.92. The van der Waals surface area contributed by atoms with Gasteiger partial charge in [0.15, 0.2) is 0 Å². The van der Waals surface area contributed by atoms with Crippen LogP contribution >= 0.6 is 0 Å². The molecule has 2 fully saturated rings. The van der Waals surface area contributed by atoms with Crippen molar-refractivity contribution in [2.75, 3.05) is 6.54 Å². The van der Waals surface area contributed by atoms with Gasteiger partial charge in [-0.1, -0.05) is 12.1 Å². The van der Waals surface area contributed by atoms with Crippen LogP contribution in [0, 0.1) is 5.82 Å². The van der Waals surface area contributed by atoms with E-state index in [1.165, 1.54) is 30.5 Å². The number of piperidine rings is 1. The molecule has 1 aliphatic heterocycles. The summed E-state index contributed by atoms with van der Waals surface area (Å²) in [6, 6.07) is 11.4. The molecule has 6 heteroatoms. The predicted molar refractivity (Wildman–Crippen MR) is 98.4 cm³/mol. The largest absolute Gasteiger partial charge is 0.457 e. The maximum absolute atomic E-state index is 13.7. The van der Waals surface area contributed by atoms with Crippen LogP contribution in [-0.4, -0.2) is 24.4 Å². The molecule has 1 heterocycles. The van der Waals surface area contributed by atoms with Crippen LogP contribution in [0.25, 0.3) is 0 Å². The first kappa shape index (κ1) is 17.5. The van der Waals surface area contributed by atoms with Crippen LogP contribution in [0.4, 0.5) is 4.39 Å². The minimum atomic E-state index is -0.516. The summed E-state index contributed by atoms with van der Waals surface area (Å²) >= 11 is 0. The number of hydrogen-bond acceptors (Lipinski definition) is 3. The van der Waals surface area contributed by atoms with E-state index in [1.807, 2.05) is 24.3 Å². The summed E-state index contributed by atoms with van der Waals surface area (Å²) in [5, 5.41) is 5.52. The quantitative estimate of drug-likeness (QED) is 0.849. The topological polar surface area (TPSA) is 67.4 Å². The van der Waals surface area contributed by atoms with Gasteiger partial charge in [0, 0.05) is 19.0 Å². The Balaban J connectivity index is 1.50. The van der Waals surface area contributed by atoms with E-state index < -0.39 is 11.7 Å². The summed E-state index contributed by atoms with van der Waals surface area (Å²) in [6.45, 7) is 0.517. The summed E-state index contributed by atoms with van der Waals surface area (Å²) in [7, 11) is 0. The predicted octanol–water partition coefficient (Wildman–Crippen LogP) is 3.50. The van der Waals surface area contributed by atoms with Crippen molar-refractivity contribution in [2.24, 2.45) is 0 Å². The smallest absolute Gasteiger partial charge is 0.255 e. The molecule has 2 aliphatic rings. The van der Waals surface area contributed by atoms with Crippen LogP contribution in [0.15, 0.2) is 42.5 Å². The fourth-order valence-electron chi connectivity index (χ4n) is 3.29. The fourth-order valence-corrected chi connectivity index (χ4v) is 3.29. The molecule has 0 bridgehead atoms. The lowest BCUT2D eigenvalue weighted by Crippen LogP contribution is -2.45. The number of hydrogen-bond donors (Lipinski definition) is 2. The fraction of sp³-hybridized carbons (Fsp3) is 0.333. The number of carbonyl (C=O) groups is 2. The summed E-state index contributed by atoms with van der Waals surface area (Å²) in [6.07, 6.45) is 3.31. The van der Waals surface area contributed by atoms with Gasteiger partial charge in [-0.25, -0.2) is 4.39 Å². The number of nitrogens with one attached hydrogen (secondary N) is 2. The lowest BCUT2D eigenvalue weighted by molar-refractivity contribution is -0.122. The molecule has 27 heavy (non-hydrogen) atoms. The summed E-state index contributed by atoms with van der Waals surface area (Å²) in [4.78, 5) is 24.1. The molecule has 2 N–H and O–H groups in total. The van der Waals surface area contributed by atoms with E-state index in [9.17, 15) is 14.0 Å². The first-order valence-corrected chi connectivity index (χ1v) is 9.23. The molecule has 1 saturated carbocycles. The number of halogens is 1. The Hall–Kier alpha value is -2.89. The summed E-state index contributed by atoms with van der Waals surface area (Å²) in [5.41, 5.74) is 1.40. The molecule has 1 atom stereocenters. The van der Waals surface area contributed by atoms with Gasteiger partial charge in [0.1, 0.15) is 17.3 Å². The Kier molecular flexibility index (Phi) is 4.79. The van der Waals surface area contributed by atoms with Gasteiger partial charge in [-0.15, -0.1) is 0 Å². The Morgan fingerprint density at radius 3 is 2.59 bits per heavy atom. The van der Waals surface area contributed by atoms with Crippen molar-refractivity contribution in [3.63, 3.8) is 0 Å². The lowest BCUT2D eigenvalue weighted by Gasteiger charge is -2.23. The van der Waals surface area contributed by atoms with Crippen LogP contribution in [0.1, 0.15) is 47.5 Å². The Bertz CT molecular complexity index is 862. The molecular formula is C21H21FN2O3. The molecule has 1 unspecified atom stereocenters. The van der Waals surface area contributed by atoms with Crippen molar-refractivity contribution in [1.29, 1.82) is 0 Å². The number of amides is 2. The number of carbonyl (C=O) groups excluding carboxylic acids is 2. The van der Waals surface area contributed by atoms with E-state index in [4.69, 9.17) is 4.74 Å². The lowest BCUT2D eigenvalue weighted by atomic mass is 10.1. The van der Waals surface area contributed by atoms with Crippen LogP contribution in [0.3, 0.4) is 0 Å². The van der Waals surface area contributed by atoms with Crippen molar-refractivity contribution in [3.8, 4) is 11.5 Å². The van der Waals surface area contributed by atoms with Crippen molar-refractivity contribution >= 4 is 11.8 Å². The monoisotopic (exact) mass is 368 g/mol. The summed E-state index contributed by atoms with van der Waals surface area (Å²) < 4.78 is 19.6. The molecule has 140 valence electrons. The highest BCUT2D eigenvalue weighted by atomic mass is 19.1. The van der Waals surface area contributed by atoms with Gasteiger partial charge in [0.2, 0.25) is 5.91 Å². The highest BCUT2D eigenvalue weighted by Crippen LogP contribution is 2.40. The number of ether oxygens (including phenoxy) is 1. The minimum absolute atomic E-state index is 0.0991. The van der Waals surface area contributed by atoms with E-state index in [0.717, 1.165) is 6.07 Å². The molecule has 4 rings (SSSR count). The highest BCUT2D eigenvalue weighted by Gasteiger charge is 2.24. The number of rotatable bonds is 5. The molecule has 1 saturated heterocycles. The van der Waals surface area contributed by atoms with Crippen molar-refractivity contribution in [2.45, 2.75) is 37.6 Å². The molecular weight excluding hydrogens is 347 g/mol. The van der Waals surface area contributed by atoms with Crippen molar-refractivity contribution in [3.05, 3.63) is 59.4 Å². The van der Waals surface area contributed by atoms with Crippen LogP contribution in [0.2, 0.25) is 0 Å². The van der Waals surface area contributed by atoms with Crippen LogP contribution < -0.4 is 15.4 Å². The average Bonchev–Trinajstić information content (AvgIpc) is 3.49. The van der Waals surface area contributed by atoms with Gasteiger partial charge in [0.25, 0.3) is 5.91 Å². The highest BCUT2D eigenvalue weighted by molar-refractivity contribution is 5.97. The maximum Gasteiger partial charge on any atom is 0.255 e. The second-order valence-corrected chi connectivity index (χ2v) is 7.10. The van der Waals surface area contributed by atoms with Crippen molar-refractivity contribution < 1.29 is 18.7 Å². The van der Waals surface area contributed by atoms with Gasteiger partial charge in [0.05, 0.1) is 5.56 Å². The zero-order valence-corrected chi connectivity index (χ0v) is 14.8. The molecule has 2 aromatic rings. The number of benzene rings is 2. The van der Waals surface area contributed by atoms with Crippen LogP contribution in [0.5, 0.6) is 11.5 Å². The molecule has 2 aromatic carbocycles. The third kappa shape index (κ3) is 4.27.